The lowest BCUT2D eigenvalue weighted by molar-refractivity contribution is -0.120. The normalized spacial score (nSPS) is 10.6. The first-order valence-electron chi connectivity index (χ1n) is 9.11. The van der Waals surface area contributed by atoms with Gasteiger partial charge in [0.15, 0.2) is 17.3 Å². The number of ether oxygens (including phenoxy) is 3. The maximum atomic E-state index is 12.6. The van der Waals surface area contributed by atoms with E-state index in [1.165, 1.54) is 21.3 Å². The molecule has 152 valence electrons. The Labute approximate surface area is 169 Å². The Morgan fingerprint density at radius 2 is 1.66 bits per heavy atom. The molecule has 0 aliphatic rings. The Morgan fingerprint density at radius 1 is 1.00 bits per heavy atom. The fourth-order valence-corrected chi connectivity index (χ4v) is 3.32. The van der Waals surface area contributed by atoms with Crippen molar-refractivity contribution in [1.29, 1.82) is 0 Å². The van der Waals surface area contributed by atoms with E-state index in [4.69, 9.17) is 14.2 Å². The van der Waals surface area contributed by atoms with Crippen LogP contribution < -0.4 is 19.5 Å². The number of methoxy groups -OCH3 is 3. The first-order chi connectivity index (χ1) is 14.0. The largest absolute Gasteiger partial charge is 0.493 e. The van der Waals surface area contributed by atoms with Crippen LogP contribution in [0.4, 0.5) is 0 Å². The van der Waals surface area contributed by atoms with Crippen LogP contribution >= 0.6 is 0 Å². The first-order valence-corrected chi connectivity index (χ1v) is 9.11. The van der Waals surface area contributed by atoms with E-state index in [1.54, 1.807) is 12.1 Å². The van der Waals surface area contributed by atoms with E-state index in [1.807, 2.05) is 42.1 Å². The first kappa shape index (κ1) is 20.3. The molecule has 2 aromatic carbocycles. The van der Waals surface area contributed by atoms with Gasteiger partial charge in [0.05, 0.1) is 34.3 Å². The molecule has 0 aliphatic heterocycles. The number of ketones is 1. The highest BCUT2D eigenvalue weighted by atomic mass is 16.5. The number of carbonyl (C=O) groups excluding carboxylic acids is 2. The quantitative estimate of drug-likeness (QED) is 0.593. The molecule has 0 fully saturated rings. The Bertz CT molecular complexity index is 1030. The van der Waals surface area contributed by atoms with Crippen LogP contribution in [0, 0.1) is 0 Å². The van der Waals surface area contributed by atoms with Gasteiger partial charge in [-0.3, -0.25) is 9.59 Å². The van der Waals surface area contributed by atoms with Crippen molar-refractivity contribution < 1.29 is 23.8 Å². The Hall–Kier alpha value is -3.48. The van der Waals surface area contributed by atoms with Crippen molar-refractivity contribution in [2.75, 3.05) is 27.9 Å². The van der Waals surface area contributed by atoms with E-state index < -0.39 is 0 Å². The third-order valence-corrected chi connectivity index (χ3v) is 4.76. The number of aromatic nitrogens is 1. The van der Waals surface area contributed by atoms with Crippen LogP contribution in [0.5, 0.6) is 17.2 Å². The molecule has 1 heterocycles. The van der Waals surface area contributed by atoms with Crippen molar-refractivity contribution in [2.45, 2.75) is 6.42 Å². The minimum Gasteiger partial charge on any atom is -0.493 e. The number of aryl methyl sites for hydroxylation is 1. The lowest BCUT2D eigenvalue weighted by Crippen LogP contribution is -2.30. The summed E-state index contributed by atoms with van der Waals surface area (Å²) in [6, 6.07) is 11.0. The number of para-hydroxylation sites is 1. The van der Waals surface area contributed by atoms with Crippen molar-refractivity contribution in [2.24, 2.45) is 7.05 Å². The molecule has 0 saturated heterocycles. The molecular weight excluding hydrogens is 372 g/mol. The number of benzene rings is 2. The number of hydrogen-bond acceptors (Lipinski definition) is 5. The number of carbonyl (C=O) groups is 2. The van der Waals surface area contributed by atoms with Gasteiger partial charge < -0.3 is 24.1 Å². The molecule has 0 atom stereocenters. The number of hydrogen-bond donors (Lipinski definition) is 1. The Balaban J connectivity index is 1.69. The molecule has 1 amide bonds. The fourth-order valence-electron chi connectivity index (χ4n) is 3.32. The molecular formula is C22H24N2O5. The van der Waals surface area contributed by atoms with Gasteiger partial charge in [0.25, 0.3) is 0 Å². The second-order valence-electron chi connectivity index (χ2n) is 6.57. The zero-order valence-electron chi connectivity index (χ0n) is 16.9. The molecule has 0 unspecified atom stereocenters. The second-order valence-corrected chi connectivity index (χ2v) is 6.57. The zero-order valence-corrected chi connectivity index (χ0v) is 16.9. The topological polar surface area (TPSA) is 78.8 Å². The van der Waals surface area contributed by atoms with Crippen molar-refractivity contribution in [3.63, 3.8) is 0 Å². The summed E-state index contributed by atoms with van der Waals surface area (Å²) < 4.78 is 17.8. The highest BCUT2D eigenvalue weighted by Crippen LogP contribution is 2.38. The fraction of sp³-hybridized carbons (Fsp3) is 0.273. The monoisotopic (exact) mass is 396 g/mol. The highest BCUT2D eigenvalue weighted by molar-refractivity contribution is 6.00. The third-order valence-electron chi connectivity index (χ3n) is 4.76. The van der Waals surface area contributed by atoms with Crippen LogP contribution in [0.15, 0.2) is 42.6 Å². The van der Waals surface area contributed by atoms with Crippen LogP contribution in [0.2, 0.25) is 0 Å². The van der Waals surface area contributed by atoms with Crippen LogP contribution in [-0.4, -0.2) is 44.1 Å². The van der Waals surface area contributed by atoms with E-state index in [-0.39, 0.29) is 24.7 Å². The predicted octanol–water partition coefficient (Wildman–Crippen LogP) is 2.75. The molecule has 3 rings (SSSR count). The van der Waals surface area contributed by atoms with Gasteiger partial charge >= 0.3 is 0 Å². The molecule has 7 nitrogen and oxygen atoms in total. The molecule has 0 aliphatic carbocycles. The SMILES string of the molecule is COc1cc(C(=O)CNC(=O)Cc2cn(C)c3ccccc23)cc(OC)c1OC. The number of nitrogens with one attached hydrogen (secondary N) is 1. The molecule has 29 heavy (non-hydrogen) atoms. The van der Waals surface area contributed by atoms with Crippen LogP contribution in [-0.2, 0) is 18.3 Å². The van der Waals surface area contributed by atoms with Crippen LogP contribution in [0.1, 0.15) is 15.9 Å². The molecule has 0 radical (unpaired) electrons. The highest BCUT2D eigenvalue weighted by Gasteiger charge is 2.18. The predicted molar refractivity (Wildman–Crippen MR) is 110 cm³/mol. The van der Waals surface area contributed by atoms with Crippen molar-refractivity contribution in [1.82, 2.24) is 9.88 Å². The van der Waals surface area contributed by atoms with Gasteiger partial charge in [0.2, 0.25) is 11.7 Å². The number of fused-ring (bicyclic) bond motifs is 1. The summed E-state index contributed by atoms with van der Waals surface area (Å²) in [5.41, 5.74) is 2.34. The number of amides is 1. The average Bonchev–Trinajstić information content (AvgIpc) is 3.06. The summed E-state index contributed by atoms with van der Waals surface area (Å²) in [7, 11) is 6.40. The molecule has 0 saturated carbocycles. The Morgan fingerprint density at radius 3 is 2.28 bits per heavy atom. The number of Topliss-reactive ketones (excluding diaryl/α,β-unsaturated/α-hetero) is 1. The smallest absolute Gasteiger partial charge is 0.224 e. The molecule has 3 aromatic rings. The second kappa shape index (κ2) is 8.68. The van der Waals surface area contributed by atoms with Gasteiger partial charge in [-0.1, -0.05) is 18.2 Å². The molecule has 1 N–H and O–H groups in total. The molecule has 0 bridgehead atoms. The van der Waals surface area contributed by atoms with Gasteiger partial charge in [-0.25, -0.2) is 0 Å². The van der Waals surface area contributed by atoms with E-state index in [0.29, 0.717) is 22.8 Å². The minimum atomic E-state index is -0.254. The van der Waals surface area contributed by atoms with Crippen molar-refractivity contribution in [3.05, 3.63) is 53.7 Å². The van der Waals surface area contributed by atoms with E-state index in [9.17, 15) is 9.59 Å². The molecule has 1 aromatic heterocycles. The molecule has 7 heteroatoms. The molecule has 0 spiro atoms. The van der Waals surface area contributed by atoms with Crippen molar-refractivity contribution in [3.8, 4) is 17.2 Å². The van der Waals surface area contributed by atoms with Gasteiger partial charge in [0.1, 0.15) is 0 Å². The van der Waals surface area contributed by atoms with Crippen molar-refractivity contribution >= 4 is 22.6 Å². The van der Waals surface area contributed by atoms with Gasteiger partial charge in [-0.2, -0.15) is 0 Å². The summed E-state index contributed by atoms with van der Waals surface area (Å²) >= 11 is 0. The van der Waals surface area contributed by atoms with E-state index in [2.05, 4.69) is 5.32 Å². The van der Waals surface area contributed by atoms with Crippen LogP contribution in [0.3, 0.4) is 0 Å². The summed E-state index contributed by atoms with van der Waals surface area (Å²) in [4.78, 5) is 25.0. The summed E-state index contributed by atoms with van der Waals surface area (Å²) in [5, 5.41) is 3.73. The summed E-state index contributed by atoms with van der Waals surface area (Å²) in [6.07, 6.45) is 2.13. The lowest BCUT2D eigenvalue weighted by Gasteiger charge is -2.13. The number of nitrogens with zero attached hydrogens (tertiary/aromatic N) is 1. The van der Waals surface area contributed by atoms with Gasteiger partial charge in [-0.15, -0.1) is 0 Å². The maximum absolute atomic E-state index is 12.6. The Kier molecular flexibility index (Phi) is 6.07. The van der Waals surface area contributed by atoms with Gasteiger partial charge in [0, 0.05) is 29.7 Å². The standard InChI is InChI=1S/C22H24N2O5/c1-24-13-15(16-7-5-6-8-17(16)24)11-21(26)23-12-18(25)14-9-19(27-2)22(29-4)20(10-14)28-3/h5-10,13H,11-12H2,1-4H3,(H,23,26). The van der Waals surface area contributed by atoms with E-state index >= 15 is 0 Å². The third kappa shape index (κ3) is 4.18. The number of rotatable bonds is 8. The lowest BCUT2D eigenvalue weighted by atomic mass is 10.1. The maximum Gasteiger partial charge on any atom is 0.224 e. The summed E-state index contributed by atoms with van der Waals surface area (Å²) in [5.74, 6) is 0.707. The van der Waals surface area contributed by atoms with Crippen LogP contribution in [0.25, 0.3) is 10.9 Å². The van der Waals surface area contributed by atoms with E-state index in [0.717, 1.165) is 16.5 Å². The minimum absolute atomic E-state index is 0.123. The summed E-state index contributed by atoms with van der Waals surface area (Å²) in [6.45, 7) is -0.123. The zero-order chi connectivity index (χ0) is 21.0. The van der Waals surface area contributed by atoms with Gasteiger partial charge in [-0.05, 0) is 23.8 Å². The average molecular weight is 396 g/mol.